The quantitative estimate of drug-likeness (QED) is 0.707. The van der Waals surface area contributed by atoms with Gasteiger partial charge in [-0.3, -0.25) is 4.68 Å². The van der Waals surface area contributed by atoms with Crippen LogP contribution in [0, 0.1) is 11.8 Å². The molecule has 0 aliphatic carbocycles. The predicted molar refractivity (Wildman–Crippen MR) is 70.6 cm³/mol. The van der Waals surface area contributed by atoms with Crippen molar-refractivity contribution in [3.63, 3.8) is 0 Å². The maximum Gasteiger partial charge on any atom is 0.0964 e. The van der Waals surface area contributed by atoms with Crippen LogP contribution in [-0.4, -0.2) is 21.5 Å². The molecule has 0 unspecified atom stereocenters. The minimum absolute atomic E-state index is 0.614. The van der Waals surface area contributed by atoms with Crippen LogP contribution in [0.15, 0.2) is 6.20 Å². The third-order valence-electron chi connectivity index (χ3n) is 2.58. The maximum atomic E-state index is 4.15. The van der Waals surface area contributed by atoms with Crippen LogP contribution in [0.5, 0.6) is 0 Å². The summed E-state index contributed by atoms with van der Waals surface area (Å²) in [4.78, 5) is 0. The zero-order valence-electron chi connectivity index (χ0n) is 11.6. The van der Waals surface area contributed by atoms with Crippen molar-refractivity contribution >= 4 is 0 Å². The van der Waals surface area contributed by atoms with Crippen LogP contribution >= 0.6 is 0 Å². The molecule has 0 radical (unpaired) electrons. The summed E-state index contributed by atoms with van der Waals surface area (Å²) in [5.41, 5.74) is 1.04. The first-order valence-corrected chi connectivity index (χ1v) is 6.67. The van der Waals surface area contributed by atoms with Crippen molar-refractivity contribution in [3.05, 3.63) is 11.9 Å². The third-order valence-corrected chi connectivity index (χ3v) is 2.58. The van der Waals surface area contributed by atoms with Crippen molar-refractivity contribution < 1.29 is 0 Å². The molecule has 17 heavy (non-hydrogen) atoms. The highest BCUT2D eigenvalue weighted by molar-refractivity contribution is 4.91. The Morgan fingerprint density at radius 3 is 2.65 bits per heavy atom. The standard InChI is InChI=1S/C13H26N4/c1-11(2)6-5-7-14-8-13-10-17(16-15-13)9-12(3)4/h10-12,14H,5-9H2,1-4H3. The van der Waals surface area contributed by atoms with Crippen LogP contribution in [0.3, 0.4) is 0 Å². The molecule has 0 saturated carbocycles. The molecule has 0 aromatic carbocycles. The van der Waals surface area contributed by atoms with Gasteiger partial charge in [-0.1, -0.05) is 32.9 Å². The minimum atomic E-state index is 0.614. The van der Waals surface area contributed by atoms with Crippen LogP contribution in [0.25, 0.3) is 0 Å². The first-order valence-electron chi connectivity index (χ1n) is 6.67. The highest BCUT2D eigenvalue weighted by Gasteiger charge is 2.02. The lowest BCUT2D eigenvalue weighted by Gasteiger charge is -2.05. The largest absolute Gasteiger partial charge is 0.311 e. The molecular weight excluding hydrogens is 212 g/mol. The molecule has 0 aliphatic rings. The summed E-state index contributed by atoms with van der Waals surface area (Å²) in [6.45, 7) is 11.7. The second-order valence-corrected chi connectivity index (χ2v) is 5.54. The summed E-state index contributed by atoms with van der Waals surface area (Å²) in [6, 6.07) is 0. The smallest absolute Gasteiger partial charge is 0.0964 e. The molecule has 0 spiro atoms. The number of hydrogen-bond acceptors (Lipinski definition) is 3. The van der Waals surface area contributed by atoms with E-state index >= 15 is 0 Å². The SMILES string of the molecule is CC(C)CCCNCc1cn(CC(C)C)nn1. The fourth-order valence-corrected chi connectivity index (χ4v) is 1.73. The summed E-state index contributed by atoms with van der Waals surface area (Å²) >= 11 is 0. The molecule has 0 saturated heterocycles. The van der Waals surface area contributed by atoms with E-state index in [1.54, 1.807) is 0 Å². The molecule has 98 valence electrons. The van der Waals surface area contributed by atoms with Crippen molar-refractivity contribution in [2.45, 2.75) is 53.6 Å². The molecule has 0 atom stereocenters. The molecular formula is C13H26N4. The summed E-state index contributed by atoms with van der Waals surface area (Å²) in [6.07, 6.45) is 4.56. The van der Waals surface area contributed by atoms with Gasteiger partial charge in [0, 0.05) is 19.3 Å². The van der Waals surface area contributed by atoms with Gasteiger partial charge in [0.1, 0.15) is 0 Å². The van der Waals surface area contributed by atoms with Gasteiger partial charge in [-0.2, -0.15) is 0 Å². The second-order valence-electron chi connectivity index (χ2n) is 5.54. The topological polar surface area (TPSA) is 42.7 Å². The zero-order valence-corrected chi connectivity index (χ0v) is 11.6. The summed E-state index contributed by atoms with van der Waals surface area (Å²) in [7, 11) is 0. The van der Waals surface area contributed by atoms with Crippen LogP contribution in [0.4, 0.5) is 0 Å². The van der Waals surface area contributed by atoms with E-state index in [9.17, 15) is 0 Å². The van der Waals surface area contributed by atoms with E-state index in [-0.39, 0.29) is 0 Å². The molecule has 0 bridgehead atoms. The van der Waals surface area contributed by atoms with Gasteiger partial charge in [-0.25, -0.2) is 0 Å². The summed E-state index contributed by atoms with van der Waals surface area (Å²) in [5, 5.41) is 11.7. The molecule has 1 aromatic rings. The molecule has 1 aromatic heterocycles. The van der Waals surface area contributed by atoms with Crippen LogP contribution in [-0.2, 0) is 13.1 Å². The van der Waals surface area contributed by atoms with E-state index in [1.807, 2.05) is 10.9 Å². The van der Waals surface area contributed by atoms with E-state index in [2.05, 4.69) is 43.3 Å². The first kappa shape index (κ1) is 14.2. The Labute approximate surface area is 105 Å². The fraction of sp³-hybridized carbons (Fsp3) is 0.846. The fourth-order valence-electron chi connectivity index (χ4n) is 1.73. The van der Waals surface area contributed by atoms with Gasteiger partial charge in [0.2, 0.25) is 0 Å². The lowest BCUT2D eigenvalue weighted by molar-refractivity contribution is 0.472. The van der Waals surface area contributed by atoms with Crippen molar-refractivity contribution in [2.75, 3.05) is 6.54 Å². The number of nitrogens with zero attached hydrogens (tertiary/aromatic N) is 3. The lowest BCUT2D eigenvalue weighted by Crippen LogP contribution is -2.15. The Bertz CT molecular complexity index is 304. The normalized spacial score (nSPS) is 11.6. The Morgan fingerprint density at radius 2 is 2.00 bits per heavy atom. The molecule has 1 N–H and O–H groups in total. The second kappa shape index (κ2) is 7.43. The summed E-state index contributed by atoms with van der Waals surface area (Å²) in [5.74, 6) is 1.41. The van der Waals surface area contributed by atoms with Crippen molar-refractivity contribution in [3.8, 4) is 0 Å². The Kier molecular flexibility index (Phi) is 6.19. The van der Waals surface area contributed by atoms with E-state index in [1.165, 1.54) is 12.8 Å². The Balaban J connectivity index is 2.16. The van der Waals surface area contributed by atoms with E-state index in [0.717, 1.165) is 31.2 Å². The maximum absolute atomic E-state index is 4.15. The molecule has 4 nitrogen and oxygen atoms in total. The van der Waals surface area contributed by atoms with Gasteiger partial charge in [-0.05, 0) is 31.2 Å². The number of rotatable bonds is 8. The number of nitrogens with one attached hydrogen (secondary N) is 1. The monoisotopic (exact) mass is 238 g/mol. The van der Waals surface area contributed by atoms with Crippen molar-refractivity contribution in [1.29, 1.82) is 0 Å². The van der Waals surface area contributed by atoms with Gasteiger partial charge in [0.25, 0.3) is 0 Å². The zero-order chi connectivity index (χ0) is 12.7. The highest BCUT2D eigenvalue weighted by Crippen LogP contribution is 2.02. The van der Waals surface area contributed by atoms with E-state index in [0.29, 0.717) is 5.92 Å². The lowest BCUT2D eigenvalue weighted by atomic mass is 10.1. The van der Waals surface area contributed by atoms with Gasteiger partial charge in [0.05, 0.1) is 5.69 Å². The molecule has 1 heterocycles. The average Bonchev–Trinajstić information content (AvgIpc) is 2.63. The number of aromatic nitrogens is 3. The number of hydrogen-bond donors (Lipinski definition) is 1. The van der Waals surface area contributed by atoms with Crippen LogP contribution in [0.2, 0.25) is 0 Å². The van der Waals surface area contributed by atoms with Crippen LogP contribution < -0.4 is 5.32 Å². The predicted octanol–water partition coefficient (Wildman–Crippen LogP) is 2.46. The van der Waals surface area contributed by atoms with Gasteiger partial charge < -0.3 is 5.32 Å². The van der Waals surface area contributed by atoms with Crippen molar-refractivity contribution in [2.24, 2.45) is 11.8 Å². The Morgan fingerprint density at radius 1 is 1.24 bits per heavy atom. The molecule has 0 aliphatic heterocycles. The molecule has 1 rings (SSSR count). The third kappa shape index (κ3) is 6.41. The van der Waals surface area contributed by atoms with Crippen LogP contribution in [0.1, 0.15) is 46.2 Å². The first-order chi connectivity index (χ1) is 8.08. The van der Waals surface area contributed by atoms with E-state index < -0.39 is 0 Å². The molecule has 0 fully saturated rings. The van der Waals surface area contributed by atoms with Gasteiger partial charge in [0.15, 0.2) is 0 Å². The minimum Gasteiger partial charge on any atom is -0.311 e. The average molecular weight is 238 g/mol. The van der Waals surface area contributed by atoms with Crippen molar-refractivity contribution in [1.82, 2.24) is 20.3 Å². The Hall–Kier alpha value is -0.900. The van der Waals surface area contributed by atoms with Gasteiger partial charge >= 0.3 is 0 Å². The van der Waals surface area contributed by atoms with E-state index in [4.69, 9.17) is 0 Å². The molecule has 4 heteroatoms. The van der Waals surface area contributed by atoms with Gasteiger partial charge in [-0.15, -0.1) is 5.10 Å². The molecule has 0 amide bonds. The summed E-state index contributed by atoms with van der Waals surface area (Å²) < 4.78 is 1.93. The highest BCUT2D eigenvalue weighted by atomic mass is 15.4.